The summed E-state index contributed by atoms with van der Waals surface area (Å²) < 4.78 is 7.69. The van der Waals surface area contributed by atoms with Crippen LogP contribution in [0.2, 0.25) is 0 Å². The molecule has 4 aromatic rings. The zero-order valence-electron chi connectivity index (χ0n) is 14.6. The van der Waals surface area contributed by atoms with Gasteiger partial charge in [0.05, 0.1) is 12.2 Å². The summed E-state index contributed by atoms with van der Waals surface area (Å²) in [6.07, 6.45) is 5.69. The zero-order valence-corrected chi connectivity index (χ0v) is 14.6. The number of rotatable bonds is 3. The van der Waals surface area contributed by atoms with E-state index in [0.29, 0.717) is 23.5 Å². The number of nitrogens with one attached hydrogen (secondary N) is 1. The van der Waals surface area contributed by atoms with Crippen molar-refractivity contribution in [2.75, 3.05) is 20.1 Å². The lowest BCUT2D eigenvalue weighted by atomic mass is 10.1. The molecule has 4 heterocycles. The minimum Gasteiger partial charge on any atom is -0.444 e. The normalized spacial score (nSPS) is 16.5. The first kappa shape index (κ1) is 15.3. The number of oxazole rings is 1. The number of piperidine rings is 1. The quantitative estimate of drug-likeness (QED) is 0.614. The number of likely N-dealkylation sites (tertiary alicyclic amines) is 1. The molecule has 1 aromatic carbocycles. The second-order valence-electron chi connectivity index (χ2n) is 6.85. The Morgan fingerprint density at radius 3 is 2.73 bits per heavy atom. The smallest absolute Gasteiger partial charge is 0.226 e. The topological polar surface area (TPSA) is 75.8 Å². The highest BCUT2D eigenvalue weighted by molar-refractivity contribution is 5.75. The van der Waals surface area contributed by atoms with Gasteiger partial charge in [-0.15, -0.1) is 0 Å². The van der Waals surface area contributed by atoms with E-state index >= 15 is 0 Å². The van der Waals surface area contributed by atoms with Gasteiger partial charge in [0.2, 0.25) is 5.89 Å². The van der Waals surface area contributed by atoms with Crippen LogP contribution in [0.5, 0.6) is 0 Å². The van der Waals surface area contributed by atoms with Crippen molar-refractivity contribution in [3.8, 4) is 23.0 Å². The predicted molar refractivity (Wildman–Crippen MR) is 98.6 cm³/mol. The van der Waals surface area contributed by atoms with Gasteiger partial charge in [-0.2, -0.15) is 5.10 Å². The Labute approximate surface area is 150 Å². The second kappa shape index (κ2) is 6.10. The number of benzene rings is 1. The first-order valence-electron chi connectivity index (χ1n) is 8.91. The highest BCUT2D eigenvalue weighted by atomic mass is 16.3. The van der Waals surface area contributed by atoms with Crippen LogP contribution in [0, 0.1) is 0 Å². The average molecular weight is 348 g/mol. The van der Waals surface area contributed by atoms with Crippen LogP contribution < -0.4 is 0 Å². The number of fused-ring (bicyclic) bond motifs is 1. The molecule has 0 bridgehead atoms. The first-order valence-corrected chi connectivity index (χ1v) is 8.91. The molecule has 0 atom stereocenters. The van der Waals surface area contributed by atoms with E-state index in [1.54, 1.807) is 6.26 Å². The van der Waals surface area contributed by atoms with Gasteiger partial charge in [0.15, 0.2) is 11.5 Å². The van der Waals surface area contributed by atoms with Crippen molar-refractivity contribution in [1.82, 2.24) is 29.6 Å². The molecule has 7 heteroatoms. The van der Waals surface area contributed by atoms with E-state index < -0.39 is 0 Å². The molecule has 132 valence electrons. The summed E-state index contributed by atoms with van der Waals surface area (Å²) in [7, 11) is 2.16. The Morgan fingerprint density at radius 2 is 1.92 bits per heavy atom. The molecule has 0 amide bonds. The SMILES string of the molecule is CN1CCC(n2ncc3[nH]c(-c4coc(-c5ccccc5)n4)nc32)CC1. The van der Waals surface area contributed by atoms with Crippen molar-refractivity contribution >= 4 is 11.2 Å². The number of aromatic amines is 1. The van der Waals surface area contributed by atoms with E-state index in [2.05, 4.69) is 31.7 Å². The predicted octanol–water partition coefficient (Wildman–Crippen LogP) is 3.35. The molecule has 0 aliphatic carbocycles. The van der Waals surface area contributed by atoms with E-state index in [9.17, 15) is 0 Å². The fourth-order valence-corrected chi connectivity index (χ4v) is 3.54. The van der Waals surface area contributed by atoms with Crippen molar-refractivity contribution in [3.63, 3.8) is 0 Å². The summed E-state index contributed by atoms with van der Waals surface area (Å²) >= 11 is 0. The van der Waals surface area contributed by atoms with Gasteiger partial charge in [-0.25, -0.2) is 14.6 Å². The molecule has 0 radical (unpaired) electrons. The Bertz CT molecular complexity index is 1020. The Kier molecular flexibility index (Phi) is 3.60. The summed E-state index contributed by atoms with van der Waals surface area (Å²) in [6.45, 7) is 2.18. The lowest BCUT2D eigenvalue weighted by Gasteiger charge is -2.28. The number of imidazole rings is 1. The van der Waals surface area contributed by atoms with Gasteiger partial charge in [-0.1, -0.05) is 18.2 Å². The third-order valence-electron chi connectivity index (χ3n) is 5.04. The highest BCUT2D eigenvalue weighted by Gasteiger charge is 2.22. The molecule has 1 fully saturated rings. The lowest BCUT2D eigenvalue weighted by Crippen LogP contribution is -2.31. The maximum Gasteiger partial charge on any atom is 0.226 e. The molecule has 26 heavy (non-hydrogen) atoms. The molecule has 3 aromatic heterocycles. The minimum absolute atomic E-state index is 0.400. The average Bonchev–Trinajstić information content (AvgIpc) is 3.38. The summed E-state index contributed by atoms with van der Waals surface area (Å²) in [5, 5.41) is 4.55. The number of nitrogens with zero attached hydrogens (tertiary/aromatic N) is 5. The van der Waals surface area contributed by atoms with Crippen LogP contribution in [0.25, 0.3) is 34.1 Å². The molecule has 1 N–H and O–H groups in total. The molecule has 0 spiro atoms. The van der Waals surface area contributed by atoms with Gasteiger partial charge in [-0.05, 0) is 45.1 Å². The monoisotopic (exact) mass is 348 g/mol. The molecule has 0 saturated carbocycles. The minimum atomic E-state index is 0.400. The molecular weight excluding hydrogens is 328 g/mol. The van der Waals surface area contributed by atoms with Gasteiger partial charge < -0.3 is 14.3 Å². The third-order valence-corrected chi connectivity index (χ3v) is 5.04. The number of H-pyrrole nitrogens is 1. The summed E-state index contributed by atoms with van der Waals surface area (Å²) in [4.78, 5) is 15.0. The molecule has 1 aliphatic heterocycles. The standard InChI is InChI=1S/C19H20N6O/c1-24-9-7-14(8-10-24)25-18-15(11-20-25)21-17(23-18)16-12-26-19(22-16)13-5-3-2-4-6-13/h2-6,11-12,14H,7-10H2,1H3,(H,21,23). The molecular formula is C19H20N6O. The third kappa shape index (κ3) is 2.61. The molecule has 0 unspecified atom stereocenters. The van der Waals surface area contributed by atoms with Crippen LogP contribution in [-0.4, -0.2) is 49.8 Å². The highest BCUT2D eigenvalue weighted by Crippen LogP contribution is 2.28. The van der Waals surface area contributed by atoms with E-state index in [-0.39, 0.29) is 0 Å². The van der Waals surface area contributed by atoms with Crippen LogP contribution >= 0.6 is 0 Å². The Hall–Kier alpha value is -2.93. The van der Waals surface area contributed by atoms with Crippen molar-refractivity contribution < 1.29 is 4.42 Å². The van der Waals surface area contributed by atoms with E-state index in [1.165, 1.54) is 0 Å². The summed E-state index contributed by atoms with van der Waals surface area (Å²) in [5.41, 5.74) is 3.48. The van der Waals surface area contributed by atoms with Gasteiger partial charge in [0.1, 0.15) is 17.5 Å². The Balaban J connectivity index is 1.46. The fourth-order valence-electron chi connectivity index (χ4n) is 3.54. The van der Waals surface area contributed by atoms with Gasteiger partial charge in [0, 0.05) is 5.56 Å². The van der Waals surface area contributed by atoms with Crippen LogP contribution in [0.3, 0.4) is 0 Å². The lowest BCUT2D eigenvalue weighted by molar-refractivity contribution is 0.215. The summed E-state index contributed by atoms with van der Waals surface area (Å²) in [5.74, 6) is 1.31. The fraction of sp³-hybridized carbons (Fsp3) is 0.316. The number of hydrogen-bond donors (Lipinski definition) is 1. The van der Waals surface area contributed by atoms with Crippen LogP contribution in [0.4, 0.5) is 0 Å². The van der Waals surface area contributed by atoms with Crippen LogP contribution in [0.15, 0.2) is 47.2 Å². The number of aromatic nitrogens is 5. The molecule has 1 aliphatic rings. The molecule has 1 saturated heterocycles. The number of hydrogen-bond acceptors (Lipinski definition) is 5. The maximum atomic E-state index is 5.64. The van der Waals surface area contributed by atoms with Crippen molar-refractivity contribution in [2.24, 2.45) is 0 Å². The zero-order chi connectivity index (χ0) is 17.5. The van der Waals surface area contributed by atoms with Gasteiger partial charge in [-0.3, -0.25) is 0 Å². The first-order chi connectivity index (χ1) is 12.8. The van der Waals surface area contributed by atoms with Crippen molar-refractivity contribution in [2.45, 2.75) is 18.9 Å². The largest absolute Gasteiger partial charge is 0.444 e. The van der Waals surface area contributed by atoms with Crippen molar-refractivity contribution in [1.29, 1.82) is 0 Å². The van der Waals surface area contributed by atoms with E-state index in [1.807, 2.05) is 36.5 Å². The second-order valence-corrected chi connectivity index (χ2v) is 6.85. The molecule has 5 rings (SSSR count). The summed E-state index contributed by atoms with van der Waals surface area (Å²) in [6, 6.07) is 10.3. The van der Waals surface area contributed by atoms with E-state index in [4.69, 9.17) is 9.40 Å². The van der Waals surface area contributed by atoms with Gasteiger partial charge in [0.25, 0.3) is 0 Å². The Morgan fingerprint density at radius 1 is 1.12 bits per heavy atom. The van der Waals surface area contributed by atoms with E-state index in [0.717, 1.165) is 42.7 Å². The molecule has 7 nitrogen and oxygen atoms in total. The van der Waals surface area contributed by atoms with Crippen LogP contribution in [0.1, 0.15) is 18.9 Å². The van der Waals surface area contributed by atoms with Gasteiger partial charge >= 0.3 is 0 Å². The van der Waals surface area contributed by atoms with Crippen LogP contribution in [-0.2, 0) is 0 Å². The maximum absolute atomic E-state index is 5.64. The van der Waals surface area contributed by atoms with Crippen molar-refractivity contribution in [3.05, 3.63) is 42.8 Å².